The molecule has 0 unspecified atom stereocenters. The lowest BCUT2D eigenvalue weighted by Crippen LogP contribution is -2.20. The molecule has 0 saturated carbocycles. The molecule has 6 heteroatoms. The molecule has 0 atom stereocenters. The van der Waals surface area contributed by atoms with Crippen molar-refractivity contribution in [1.82, 2.24) is 5.32 Å². The Bertz CT molecular complexity index is 829. The normalized spacial score (nSPS) is 11.1. The Morgan fingerprint density at radius 1 is 1.13 bits per heavy atom. The monoisotopic (exact) mass is 332 g/mol. The molecule has 0 aromatic heterocycles. The highest BCUT2D eigenvalue weighted by molar-refractivity contribution is 7.92. The van der Waals surface area contributed by atoms with Crippen molar-refractivity contribution in [2.45, 2.75) is 25.2 Å². The van der Waals surface area contributed by atoms with E-state index in [1.807, 2.05) is 19.1 Å². The number of carbonyl (C=O) groups is 1. The first-order valence-electron chi connectivity index (χ1n) is 7.32. The van der Waals surface area contributed by atoms with E-state index in [0.717, 1.165) is 17.5 Å². The summed E-state index contributed by atoms with van der Waals surface area (Å²) in [5, 5.41) is 2.51. The van der Waals surface area contributed by atoms with Gasteiger partial charge in [0.15, 0.2) is 0 Å². The molecule has 2 aromatic rings. The van der Waals surface area contributed by atoms with E-state index in [4.69, 9.17) is 0 Å². The number of hydrogen-bond acceptors (Lipinski definition) is 3. The summed E-state index contributed by atoms with van der Waals surface area (Å²) in [6, 6.07) is 11.8. The molecular weight excluding hydrogens is 312 g/mol. The predicted molar refractivity (Wildman–Crippen MR) is 91.2 cm³/mol. The molecular formula is C17H20N2O3S. The van der Waals surface area contributed by atoms with E-state index in [1.54, 1.807) is 25.1 Å². The molecule has 0 aliphatic rings. The number of para-hydroxylation sites is 1. The van der Waals surface area contributed by atoms with Gasteiger partial charge in [-0.15, -0.1) is 0 Å². The Morgan fingerprint density at radius 2 is 1.83 bits per heavy atom. The molecule has 0 radical (unpaired) electrons. The first kappa shape index (κ1) is 17.0. The number of nitrogens with one attached hydrogen (secondary N) is 2. The van der Waals surface area contributed by atoms with E-state index >= 15 is 0 Å². The van der Waals surface area contributed by atoms with Crippen LogP contribution in [0, 0.1) is 6.92 Å². The van der Waals surface area contributed by atoms with Crippen LogP contribution >= 0.6 is 0 Å². The average molecular weight is 332 g/mol. The third kappa shape index (κ3) is 3.71. The lowest BCUT2D eigenvalue weighted by molar-refractivity contribution is 0.0962. The van der Waals surface area contributed by atoms with Crippen LogP contribution in [-0.2, 0) is 16.4 Å². The Kier molecular flexibility index (Phi) is 5.05. The molecule has 122 valence electrons. The Balaban J connectivity index is 2.42. The van der Waals surface area contributed by atoms with Crippen LogP contribution < -0.4 is 10.0 Å². The molecule has 0 fully saturated rings. The fraction of sp³-hybridized carbons (Fsp3) is 0.235. The average Bonchev–Trinajstić information content (AvgIpc) is 2.54. The second-order valence-corrected chi connectivity index (χ2v) is 6.85. The lowest BCUT2D eigenvalue weighted by Gasteiger charge is -2.13. The number of anilines is 1. The first-order valence-corrected chi connectivity index (χ1v) is 8.80. The number of hydrogen-bond donors (Lipinski definition) is 2. The van der Waals surface area contributed by atoms with Crippen molar-refractivity contribution in [3.05, 3.63) is 59.2 Å². The molecule has 2 rings (SSSR count). The van der Waals surface area contributed by atoms with E-state index in [2.05, 4.69) is 10.0 Å². The van der Waals surface area contributed by atoms with Gasteiger partial charge in [-0.1, -0.05) is 31.2 Å². The van der Waals surface area contributed by atoms with Crippen LogP contribution in [0.3, 0.4) is 0 Å². The molecule has 5 nitrogen and oxygen atoms in total. The van der Waals surface area contributed by atoms with Gasteiger partial charge >= 0.3 is 0 Å². The molecule has 0 spiro atoms. The van der Waals surface area contributed by atoms with Crippen molar-refractivity contribution < 1.29 is 13.2 Å². The Labute approximate surface area is 136 Å². The molecule has 0 aliphatic heterocycles. The van der Waals surface area contributed by atoms with Gasteiger partial charge in [0.25, 0.3) is 15.9 Å². The van der Waals surface area contributed by atoms with Crippen molar-refractivity contribution in [1.29, 1.82) is 0 Å². The van der Waals surface area contributed by atoms with E-state index in [9.17, 15) is 13.2 Å². The quantitative estimate of drug-likeness (QED) is 0.884. The molecule has 1 amide bonds. The number of rotatable bonds is 5. The summed E-state index contributed by atoms with van der Waals surface area (Å²) in [6.45, 7) is 3.73. The van der Waals surface area contributed by atoms with Gasteiger partial charge in [0.1, 0.15) is 0 Å². The molecule has 0 bridgehead atoms. The Hall–Kier alpha value is -2.34. The molecule has 23 heavy (non-hydrogen) atoms. The van der Waals surface area contributed by atoms with E-state index < -0.39 is 10.0 Å². The number of carbonyl (C=O) groups excluding carboxylic acids is 1. The zero-order chi connectivity index (χ0) is 17.0. The number of amides is 1. The molecule has 0 saturated heterocycles. The zero-order valence-electron chi connectivity index (χ0n) is 13.4. The van der Waals surface area contributed by atoms with Gasteiger partial charge in [-0.2, -0.15) is 0 Å². The van der Waals surface area contributed by atoms with Gasteiger partial charge < -0.3 is 5.32 Å². The van der Waals surface area contributed by atoms with Crippen LogP contribution in [0.25, 0.3) is 0 Å². The highest BCUT2D eigenvalue weighted by Gasteiger charge is 2.18. The van der Waals surface area contributed by atoms with Gasteiger partial charge in [-0.05, 0) is 42.7 Å². The maximum atomic E-state index is 12.6. The standard InChI is InChI=1S/C17H20N2O3S/c1-4-13-7-5-6-8-16(13)19-23(21,22)14-10-9-12(2)15(11-14)17(20)18-3/h5-11,19H,4H2,1-3H3,(H,18,20). The molecule has 0 heterocycles. The molecule has 0 aliphatic carbocycles. The molecule has 2 N–H and O–H groups in total. The maximum Gasteiger partial charge on any atom is 0.261 e. The fourth-order valence-corrected chi connectivity index (χ4v) is 3.41. The van der Waals surface area contributed by atoms with Crippen LogP contribution in [0.5, 0.6) is 0 Å². The van der Waals surface area contributed by atoms with Crippen LogP contribution in [0.2, 0.25) is 0 Å². The minimum absolute atomic E-state index is 0.0626. The van der Waals surface area contributed by atoms with Crippen LogP contribution in [0.1, 0.15) is 28.4 Å². The summed E-state index contributed by atoms with van der Waals surface area (Å²) >= 11 is 0. The third-order valence-corrected chi connectivity index (χ3v) is 5.00. The zero-order valence-corrected chi connectivity index (χ0v) is 14.2. The van der Waals surface area contributed by atoms with Crippen molar-refractivity contribution in [2.24, 2.45) is 0 Å². The van der Waals surface area contributed by atoms with Gasteiger partial charge in [-0.25, -0.2) is 8.42 Å². The van der Waals surface area contributed by atoms with E-state index in [1.165, 1.54) is 19.2 Å². The summed E-state index contributed by atoms with van der Waals surface area (Å²) < 4.78 is 27.8. The minimum atomic E-state index is -3.76. The summed E-state index contributed by atoms with van der Waals surface area (Å²) in [5.74, 6) is -0.312. The predicted octanol–water partition coefficient (Wildman–Crippen LogP) is 2.72. The topological polar surface area (TPSA) is 75.3 Å². The summed E-state index contributed by atoms with van der Waals surface area (Å²) in [7, 11) is -2.24. The highest BCUT2D eigenvalue weighted by Crippen LogP contribution is 2.22. The minimum Gasteiger partial charge on any atom is -0.355 e. The third-order valence-electron chi connectivity index (χ3n) is 3.63. The van der Waals surface area contributed by atoms with E-state index in [-0.39, 0.29) is 10.8 Å². The van der Waals surface area contributed by atoms with Crippen molar-refractivity contribution >= 4 is 21.6 Å². The fourth-order valence-electron chi connectivity index (χ4n) is 2.28. The summed E-state index contributed by atoms with van der Waals surface area (Å²) in [4.78, 5) is 11.9. The summed E-state index contributed by atoms with van der Waals surface area (Å²) in [5.41, 5.74) is 2.53. The van der Waals surface area contributed by atoms with Crippen LogP contribution in [0.15, 0.2) is 47.4 Å². The number of benzene rings is 2. The van der Waals surface area contributed by atoms with Gasteiger partial charge in [0.05, 0.1) is 10.6 Å². The first-order chi connectivity index (χ1) is 10.9. The van der Waals surface area contributed by atoms with Crippen molar-refractivity contribution in [2.75, 3.05) is 11.8 Å². The second kappa shape index (κ2) is 6.83. The lowest BCUT2D eigenvalue weighted by atomic mass is 10.1. The SMILES string of the molecule is CCc1ccccc1NS(=O)(=O)c1ccc(C)c(C(=O)NC)c1. The smallest absolute Gasteiger partial charge is 0.261 e. The maximum absolute atomic E-state index is 12.6. The largest absolute Gasteiger partial charge is 0.355 e. The highest BCUT2D eigenvalue weighted by atomic mass is 32.2. The van der Waals surface area contributed by atoms with Gasteiger partial charge in [0.2, 0.25) is 0 Å². The summed E-state index contributed by atoms with van der Waals surface area (Å²) in [6.07, 6.45) is 0.718. The van der Waals surface area contributed by atoms with Gasteiger partial charge in [-0.3, -0.25) is 9.52 Å². The van der Waals surface area contributed by atoms with Crippen molar-refractivity contribution in [3.63, 3.8) is 0 Å². The van der Waals surface area contributed by atoms with Crippen LogP contribution in [-0.4, -0.2) is 21.4 Å². The van der Waals surface area contributed by atoms with Crippen molar-refractivity contribution in [3.8, 4) is 0 Å². The van der Waals surface area contributed by atoms with E-state index in [0.29, 0.717) is 11.3 Å². The Morgan fingerprint density at radius 3 is 2.48 bits per heavy atom. The second-order valence-electron chi connectivity index (χ2n) is 5.17. The number of sulfonamides is 1. The van der Waals surface area contributed by atoms with Gasteiger partial charge in [0, 0.05) is 12.6 Å². The van der Waals surface area contributed by atoms with Crippen LogP contribution in [0.4, 0.5) is 5.69 Å². The number of aryl methyl sites for hydroxylation is 2. The molecule has 2 aromatic carbocycles.